The highest BCUT2D eigenvalue weighted by atomic mass is 16.3. The van der Waals surface area contributed by atoms with E-state index in [9.17, 15) is 14.7 Å². The highest BCUT2D eigenvalue weighted by molar-refractivity contribution is 6.46. The lowest BCUT2D eigenvalue weighted by Gasteiger charge is -2.26. The molecule has 4 rings (SSSR count). The van der Waals surface area contributed by atoms with E-state index in [1.165, 1.54) is 4.90 Å². The smallest absolute Gasteiger partial charge is 0.295 e. The number of benzene rings is 2. The molecule has 1 amide bonds. The molecule has 1 atom stereocenters. The Morgan fingerprint density at radius 1 is 0.966 bits per heavy atom. The average Bonchev–Trinajstić information content (AvgIpc) is 3.00. The molecule has 1 N–H and O–H groups in total. The fourth-order valence-electron chi connectivity index (χ4n) is 3.70. The van der Waals surface area contributed by atoms with Crippen LogP contribution >= 0.6 is 0 Å². The molecule has 0 aliphatic carbocycles. The van der Waals surface area contributed by atoms with Crippen molar-refractivity contribution in [2.45, 2.75) is 19.5 Å². The summed E-state index contributed by atoms with van der Waals surface area (Å²) >= 11 is 0. The normalized spacial score (nSPS) is 18.2. The maximum absolute atomic E-state index is 13.0. The van der Waals surface area contributed by atoms with Crippen LogP contribution in [0.4, 0.5) is 0 Å². The highest BCUT2D eigenvalue weighted by Crippen LogP contribution is 2.41. The molecule has 1 aromatic heterocycles. The Hall–Kier alpha value is -3.73. The van der Waals surface area contributed by atoms with E-state index in [0.717, 1.165) is 16.7 Å². The molecule has 1 unspecified atom stereocenters. The zero-order valence-corrected chi connectivity index (χ0v) is 15.9. The molecule has 2 heterocycles. The van der Waals surface area contributed by atoms with Crippen molar-refractivity contribution in [3.8, 4) is 0 Å². The van der Waals surface area contributed by atoms with Crippen LogP contribution in [0.2, 0.25) is 0 Å². The van der Waals surface area contributed by atoms with Crippen molar-refractivity contribution in [1.82, 2.24) is 9.88 Å². The van der Waals surface area contributed by atoms with Crippen LogP contribution in [0, 0.1) is 6.92 Å². The summed E-state index contributed by atoms with van der Waals surface area (Å²) in [6.45, 7) is 2.18. The Labute approximate surface area is 169 Å². The number of aromatic nitrogens is 1. The number of aliphatic hydroxyl groups excluding tert-OH is 1. The zero-order valence-electron chi connectivity index (χ0n) is 15.9. The third-order valence-electron chi connectivity index (χ3n) is 5.17. The number of hydrogen-bond acceptors (Lipinski definition) is 4. The van der Waals surface area contributed by atoms with Crippen molar-refractivity contribution >= 4 is 17.4 Å². The molecule has 1 saturated heterocycles. The quantitative estimate of drug-likeness (QED) is 0.419. The van der Waals surface area contributed by atoms with Crippen LogP contribution in [0.25, 0.3) is 5.76 Å². The summed E-state index contributed by atoms with van der Waals surface area (Å²) in [5.41, 5.74) is 3.24. The molecule has 144 valence electrons. The van der Waals surface area contributed by atoms with E-state index in [1.807, 2.05) is 49.4 Å². The third-order valence-corrected chi connectivity index (χ3v) is 5.17. The SMILES string of the molecule is Cc1ccccc1C1/C(=C(/O)c2ccccc2)C(=O)C(=O)N1Cc1ccncc1. The lowest BCUT2D eigenvalue weighted by Crippen LogP contribution is -2.29. The second-order valence-electron chi connectivity index (χ2n) is 7.01. The first-order valence-electron chi connectivity index (χ1n) is 9.36. The molecule has 2 aromatic carbocycles. The minimum Gasteiger partial charge on any atom is -0.507 e. The molecule has 1 aliphatic heterocycles. The number of hydrogen-bond donors (Lipinski definition) is 1. The third kappa shape index (κ3) is 3.43. The van der Waals surface area contributed by atoms with Gasteiger partial charge in [0.05, 0.1) is 11.6 Å². The first-order chi connectivity index (χ1) is 14.1. The molecule has 0 saturated carbocycles. The van der Waals surface area contributed by atoms with E-state index < -0.39 is 17.7 Å². The fourth-order valence-corrected chi connectivity index (χ4v) is 3.70. The molecule has 5 nitrogen and oxygen atoms in total. The summed E-state index contributed by atoms with van der Waals surface area (Å²) in [4.78, 5) is 31.5. The second-order valence-corrected chi connectivity index (χ2v) is 7.01. The summed E-state index contributed by atoms with van der Waals surface area (Å²) < 4.78 is 0. The summed E-state index contributed by atoms with van der Waals surface area (Å²) in [7, 11) is 0. The van der Waals surface area contributed by atoms with E-state index in [4.69, 9.17) is 0 Å². The van der Waals surface area contributed by atoms with Gasteiger partial charge in [0.25, 0.3) is 11.7 Å². The van der Waals surface area contributed by atoms with Gasteiger partial charge in [-0.2, -0.15) is 0 Å². The van der Waals surface area contributed by atoms with Crippen molar-refractivity contribution < 1.29 is 14.7 Å². The molecule has 29 heavy (non-hydrogen) atoms. The highest BCUT2D eigenvalue weighted by Gasteiger charge is 2.46. The number of ketones is 1. The number of Topliss-reactive ketones (excluding diaryl/α,β-unsaturated/α-hetero) is 1. The number of pyridine rings is 1. The molecule has 0 bridgehead atoms. The van der Waals surface area contributed by atoms with Gasteiger partial charge in [0.15, 0.2) is 0 Å². The topological polar surface area (TPSA) is 70.5 Å². The number of carbonyl (C=O) groups is 2. The maximum atomic E-state index is 13.0. The minimum atomic E-state index is -0.673. The van der Waals surface area contributed by atoms with E-state index in [1.54, 1.807) is 36.7 Å². The van der Waals surface area contributed by atoms with Gasteiger partial charge in [-0.1, -0.05) is 54.6 Å². The second kappa shape index (κ2) is 7.72. The van der Waals surface area contributed by atoms with Crippen molar-refractivity contribution in [2.24, 2.45) is 0 Å². The van der Waals surface area contributed by atoms with Crippen LogP contribution in [0.1, 0.15) is 28.3 Å². The van der Waals surface area contributed by atoms with Crippen molar-refractivity contribution in [2.75, 3.05) is 0 Å². The van der Waals surface area contributed by atoms with Crippen LogP contribution in [-0.2, 0) is 16.1 Å². The first kappa shape index (κ1) is 18.6. The van der Waals surface area contributed by atoms with Crippen LogP contribution in [0.3, 0.4) is 0 Å². The van der Waals surface area contributed by atoms with Gasteiger partial charge in [-0.05, 0) is 35.7 Å². The Balaban J connectivity index is 1.89. The maximum Gasteiger partial charge on any atom is 0.295 e. The lowest BCUT2D eigenvalue weighted by atomic mass is 9.92. The summed E-state index contributed by atoms with van der Waals surface area (Å²) in [5, 5.41) is 11.0. The fraction of sp³-hybridized carbons (Fsp3) is 0.125. The van der Waals surface area contributed by atoms with Gasteiger partial charge >= 0.3 is 0 Å². The summed E-state index contributed by atoms with van der Waals surface area (Å²) in [6.07, 6.45) is 3.30. The van der Waals surface area contributed by atoms with Crippen molar-refractivity contribution in [1.29, 1.82) is 0 Å². The van der Waals surface area contributed by atoms with E-state index in [2.05, 4.69) is 4.98 Å². The molecule has 1 fully saturated rings. The van der Waals surface area contributed by atoms with Gasteiger partial charge in [-0.3, -0.25) is 14.6 Å². The van der Waals surface area contributed by atoms with Gasteiger partial charge in [0, 0.05) is 24.5 Å². The van der Waals surface area contributed by atoms with Crippen LogP contribution in [0.15, 0.2) is 84.7 Å². The summed E-state index contributed by atoms with van der Waals surface area (Å²) in [6, 6.07) is 19.4. The van der Waals surface area contributed by atoms with E-state index in [0.29, 0.717) is 5.56 Å². The lowest BCUT2D eigenvalue weighted by molar-refractivity contribution is -0.140. The van der Waals surface area contributed by atoms with Gasteiger partial charge in [-0.25, -0.2) is 0 Å². The van der Waals surface area contributed by atoms with E-state index in [-0.39, 0.29) is 17.9 Å². The molecule has 0 spiro atoms. The van der Waals surface area contributed by atoms with Gasteiger partial charge < -0.3 is 10.0 Å². The number of carbonyl (C=O) groups excluding carboxylic acids is 2. The number of rotatable bonds is 4. The Bertz CT molecular complexity index is 1090. The predicted octanol–water partition coefficient (Wildman–Crippen LogP) is 4.01. The number of aryl methyl sites for hydroxylation is 1. The minimum absolute atomic E-state index is 0.115. The van der Waals surface area contributed by atoms with Crippen molar-refractivity contribution in [3.05, 3.63) is 107 Å². The Morgan fingerprint density at radius 3 is 2.31 bits per heavy atom. The Morgan fingerprint density at radius 2 is 1.62 bits per heavy atom. The molecule has 3 aromatic rings. The number of nitrogens with zero attached hydrogens (tertiary/aromatic N) is 2. The summed E-state index contributed by atoms with van der Waals surface area (Å²) in [5.74, 6) is -1.45. The predicted molar refractivity (Wildman–Crippen MR) is 110 cm³/mol. The Kier molecular flexibility index (Phi) is 4.96. The molecule has 0 radical (unpaired) electrons. The van der Waals surface area contributed by atoms with Gasteiger partial charge in [0.2, 0.25) is 0 Å². The largest absolute Gasteiger partial charge is 0.507 e. The van der Waals surface area contributed by atoms with Gasteiger partial charge in [-0.15, -0.1) is 0 Å². The number of aliphatic hydroxyl groups is 1. The number of likely N-dealkylation sites (tertiary alicyclic amines) is 1. The molecular formula is C24H20N2O3. The van der Waals surface area contributed by atoms with Gasteiger partial charge in [0.1, 0.15) is 5.76 Å². The molecule has 1 aliphatic rings. The molecule has 5 heteroatoms. The monoisotopic (exact) mass is 384 g/mol. The van der Waals surface area contributed by atoms with Crippen molar-refractivity contribution in [3.63, 3.8) is 0 Å². The number of amides is 1. The standard InChI is InChI=1S/C24H20N2O3/c1-16-7-5-6-10-19(16)21-20(22(27)18-8-3-2-4-9-18)23(28)24(29)26(21)15-17-11-13-25-14-12-17/h2-14,21,27H,15H2,1H3/b22-20-. The zero-order chi connectivity index (χ0) is 20.4. The van der Waals surface area contributed by atoms with E-state index >= 15 is 0 Å². The average molecular weight is 384 g/mol. The first-order valence-corrected chi connectivity index (χ1v) is 9.36. The van der Waals surface area contributed by atoms with Crippen LogP contribution < -0.4 is 0 Å². The molecular weight excluding hydrogens is 364 g/mol. The van der Waals surface area contributed by atoms with Crippen LogP contribution in [0.5, 0.6) is 0 Å². The van der Waals surface area contributed by atoms with Crippen LogP contribution in [-0.4, -0.2) is 26.7 Å².